The van der Waals surface area contributed by atoms with E-state index in [-0.39, 0.29) is 23.7 Å². The van der Waals surface area contributed by atoms with Crippen molar-refractivity contribution in [1.82, 2.24) is 10.3 Å². The van der Waals surface area contributed by atoms with Gasteiger partial charge in [-0.2, -0.15) is 0 Å². The lowest BCUT2D eigenvalue weighted by Gasteiger charge is -2.37. The largest absolute Gasteiger partial charge is 0.489 e. The number of nitrogens with zero attached hydrogens (tertiary/aromatic N) is 1. The van der Waals surface area contributed by atoms with Crippen molar-refractivity contribution in [2.24, 2.45) is 0 Å². The van der Waals surface area contributed by atoms with Gasteiger partial charge in [0.05, 0.1) is 0 Å². The molecule has 0 saturated heterocycles. The molecule has 1 N–H and O–H groups in total. The summed E-state index contributed by atoms with van der Waals surface area (Å²) in [7, 11) is 0. The summed E-state index contributed by atoms with van der Waals surface area (Å²) in [5, 5.41) is 4.99. The molecule has 1 aromatic heterocycles. The smallest absolute Gasteiger partial charge is 0.129 e. The molecule has 1 saturated carbocycles. The molecule has 0 radical (unpaired) electrons. The molecule has 1 aliphatic rings. The maximum atomic E-state index is 14.2. The number of fused-ring (bicyclic) bond motifs is 1. The number of rotatable bonds is 5. The molecule has 0 unspecified atom stereocenters. The summed E-state index contributed by atoms with van der Waals surface area (Å²) < 4.78 is 46.5. The predicted molar refractivity (Wildman–Crippen MR) is 92.3 cm³/mol. The van der Waals surface area contributed by atoms with Gasteiger partial charge in [-0.05, 0) is 36.4 Å². The van der Waals surface area contributed by atoms with Crippen LogP contribution in [-0.2, 0) is 6.54 Å². The Bertz CT molecular complexity index is 927. The molecule has 6 heteroatoms. The summed E-state index contributed by atoms with van der Waals surface area (Å²) in [6.07, 6.45) is 4.77. The van der Waals surface area contributed by atoms with Crippen molar-refractivity contribution in [2.75, 3.05) is 0 Å². The molecule has 0 aliphatic heterocycles. The third-order valence-corrected chi connectivity index (χ3v) is 4.75. The van der Waals surface area contributed by atoms with Crippen LogP contribution in [0.3, 0.4) is 0 Å². The van der Waals surface area contributed by atoms with Gasteiger partial charge in [-0.15, -0.1) is 0 Å². The van der Waals surface area contributed by atoms with Gasteiger partial charge in [0, 0.05) is 54.1 Å². The van der Waals surface area contributed by atoms with E-state index in [1.165, 1.54) is 6.07 Å². The molecule has 2 atom stereocenters. The standard InChI is InChI=1S/C20H17F3N2O/c21-13-7-14(22)9-15(8-13)26-20-4-3-19(20)25-11-17-16-5-6-24-10-12(16)1-2-18(17)23/h1-2,5-10,19-20,25H,3-4,11H2/t19-,20-/m1/s1. The third-order valence-electron chi connectivity index (χ3n) is 4.75. The minimum absolute atomic E-state index is 0.00202. The number of ether oxygens (including phenoxy) is 1. The van der Waals surface area contributed by atoms with Crippen LogP contribution in [0.2, 0.25) is 0 Å². The number of hydrogen-bond acceptors (Lipinski definition) is 3. The molecule has 3 aromatic rings. The summed E-state index contributed by atoms with van der Waals surface area (Å²) in [4.78, 5) is 4.06. The third kappa shape index (κ3) is 3.37. The summed E-state index contributed by atoms with van der Waals surface area (Å²) >= 11 is 0. The molecule has 1 fully saturated rings. The van der Waals surface area contributed by atoms with E-state index < -0.39 is 11.6 Å². The van der Waals surface area contributed by atoms with Gasteiger partial charge in [-0.1, -0.05) is 0 Å². The molecule has 1 heterocycles. The highest BCUT2D eigenvalue weighted by Crippen LogP contribution is 2.28. The number of halogens is 3. The molecule has 0 bridgehead atoms. The summed E-state index contributed by atoms with van der Waals surface area (Å²) in [5.74, 6) is -1.45. The normalized spacial score (nSPS) is 19.3. The Morgan fingerprint density at radius 3 is 2.58 bits per heavy atom. The second-order valence-corrected chi connectivity index (χ2v) is 6.45. The van der Waals surface area contributed by atoms with Crippen LogP contribution in [-0.4, -0.2) is 17.1 Å². The first-order valence-corrected chi connectivity index (χ1v) is 8.47. The van der Waals surface area contributed by atoms with E-state index in [0.717, 1.165) is 41.8 Å². The zero-order valence-corrected chi connectivity index (χ0v) is 13.9. The van der Waals surface area contributed by atoms with Crippen LogP contribution in [0.5, 0.6) is 5.75 Å². The molecular weight excluding hydrogens is 341 g/mol. The van der Waals surface area contributed by atoms with Crippen LogP contribution < -0.4 is 10.1 Å². The van der Waals surface area contributed by atoms with Gasteiger partial charge >= 0.3 is 0 Å². The molecule has 0 spiro atoms. The van der Waals surface area contributed by atoms with E-state index in [4.69, 9.17) is 4.74 Å². The predicted octanol–water partition coefficient (Wildman–Crippen LogP) is 4.35. The number of nitrogens with one attached hydrogen (secondary N) is 1. The Morgan fingerprint density at radius 2 is 1.85 bits per heavy atom. The first-order valence-electron chi connectivity index (χ1n) is 8.47. The van der Waals surface area contributed by atoms with Crippen molar-refractivity contribution in [3.8, 4) is 5.75 Å². The highest BCUT2D eigenvalue weighted by molar-refractivity contribution is 5.84. The van der Waals surface area contributed by atoms with Crippen molar-refractivity contribution in [1.29, 1.82) is 0 Å². The number of pyridine rings is 1. The Morgan fingerprint density at radius 1 is 1.04 bits per heavy atom. The second-order valence-electron chi connectivity index (χ2n) is 6.45. The van der Waals surface area contributed by atoms with E-state index in [2.05, 4.69) is 10.3 Å². The van der Waals surface area contributed by atoms with Crippen LogP contribution in [0.25, 0.3) is 10.8 Å². The molecule has 26 heavy (non-hydrogen) atoms. The Kier molecular flexibility index (Phi) is 4.51. The van der Waals surface area contributed by atoms with E-state index in [0.29, 0.717) is 12.1 Å². The monoisotopic (exact) mass is 358 g/mol. The zero-order chi connectivity index (χ0) is 18.1. The fraction of sp³-hybridized carbons (Fsp3) is 0.250. The first-order chi connectivity index (χ1) is 12.6. The van der Waals surface area contributed by atoms with Crippen LogP contribution in [0, 0.1) is 17.5 Å². The Balaban J connectivity index is 1.45. The summed E-state index contributed by atoms with van der Waals surface area (Å²) in [6.45, 7) is 0.342. The summed E-state index contributed by atoms with van der Waals surface area (Å²) in [6, 6.07) is 8.06. The minimum atomic E-state index is -0.671. The van der Waals surface area contributed by atoms with E-state index in [9.17, 15) is 13.2 Å². The van der Waals surface area contributed by atoms with Crippen molar-refractivity contribution >= 4 is 10.8 Å². The van der Waals surface area contributed by atoms with Crippen molar-refractivity contribution < 1.29 is 17.9 Å². The molecule has 3 nitrogen and oxygen atoms in total. The van der Waals surface area contributed by atoms with Gasteiger partial charge in [0.1, 0.15) is 29.3 Å². The van der Waals surface area contributed by atoms with E-state index in [1.54, 1.807) is 24.5 Å². The average Bonchev–Trinajstić information content (AvgIpc) is 2.60. The van der Waals surface area contributed by atoms with Gasteiger partial charge in [0.15, 0.2) is 0 Å². The average molecular weight is 358 g/mol. The highest BCUT2D eigenvalue weighted by Gasteiger charge is 2.32. The molecule has 0 amide bonds. The lowest BCUT2D eigenvalue weighted by Crippen LogP contribution is -2.50. The minimum Gasteiger partial charge on any atom is -0.489 e. The Hall–Kier alpha value is -2.60. The lowest BCUT2D eigenvalue weighted by atomic mass is 9.88. The molecule has 2 aromatic carbocycles. The van der Waals surface area contributed by atoms with Crippen LogP contribution in [0.15, 0.2) is 48.8 Å². The highest BCUT2D eigenvalue weighted by atomic mass is 19.1. The van der Waals surface area contributed by atoms with Gasteiger partial charge in [-0.25, -0.2) is 13.2 Å². The summed E-state index contributed by atoms with van der Waals surface area (Å²) in [5.41, 5.74) is 0.576. The van der Waals surface area contributed by atoms with E-state index in [1.807, 2.05) is 0 Å². The van der Waals surface area contributed by atoms with Gasteiger partial charge in [0.25, 0.3) is 0 Å². The Labute approximate surface area is 148 Å². The molecular formula is C20H17F3N2O. The second kappa shape index (κ2) is 6.96. The van der Waals surface area contributed by atoms with Crippen LogP contribution in [0.4, 0.5) is 13.2 Å². The zero-order valence-electron chi connectivity index (χ0n) is 13.9. The van der Waals surface area contributed by atoms with Crippen molar-refractivity contribution in [3.05, 3.63) is 71.8 Å². The molecule has 1 aliphatic carbocycles. The number of hydrogen-bond donors (Lipinski definition) is 1. The van der Waals surface area contributed by atoms with Gasteiger partial charge < -0.3 is 10.1 Å². The van der Waals surface area contributed by atoms with Crippen molar-refractivity contribution in [2.45, 2.75) is 31.5 Å². The van der Waals surface area contributed by atoms with Crippen LogP contribution >= 0.6 is 0 Å². The molecule has 4 rings (SSSR count). The fourth-order valence-electron chi connectivity index (χ4n) is 3.23. The quantitative estimate of drug-likeness (QED) is 0.736. The maximum Gasteiger partial charge on any atom is 0.129 e. The number of aromatic nitrogens is 1. The fourth-order valence-corrected chi connectivity index (χ4v) is 3.23. The van der Waals surface area contributed by atoms with Gasteiger partial charge in [0.2, 0.25) is 0 Å². The number of benzene rings is 2. The SMILES string of the molecule is Fc1cc(F)cc(O[C@@H]2CC[C@H]2NCc2c(F)ccc3cnccc23)c1. The van der Waals surface area contributed by atoms with Crippen molar-refractivity contribution in [3.63, 3.8) is 0 Å². The van der Waals surface area contributed by atoms with Gasteiger partial charge in [-0.3, -0.25) is 4.98 Å². The van der Waals surface area contributed by atoms with E-state index >= 15 is 0 Å². The first kappa shape index (κ1) is 16.8. The maximum absolute atomic E-state index is 14.2. The molecule has 134 valence electrons. The topological polar surface area (TPSA) is 34.1 Å². The van der Waals surface area contributed by atoms with Crippen LogP contribution in [0.1, 0.15) is 18.4 Å². The lowest BCUT2D eigenvalue weighted by molar-refractivity contribution is 0.0711.